The summed E-state index contributed by atoms with van der Waals surface area (Å²) in [5.74, 6) is 0.727. The number of aliphatic imine (C=N–C) groups is 1. The molecule has 0 bridgehead atoms. The Hall–Kier alpha value is -1.65. The highest BCUT2D eigenvalue weighted by Gasteiger charge is 2.34. The number of nitrogens with one attached hydrogen (secondary N) is 1. The van der Waals surface area contributed by atoms with Crippen LogP contribution in [0.4, 0.5) is 0 Å². The summed E-state index contributed by atoms with van der Waals surface area (Å²) in [5, 5.41) is 7.29. The predicted octanol–water partition coefficient (Wildman–Crippen LogP) is 1.68. The number of ether oxygens (including phenoxy) is 1. The van der Waals surface area contributed by atoms with Gasteiger partial charge in [0.2, 0.25) is 10.0 Å². The number of aromatic nitrogens is 1. The molecule has 3 rings (SSSR count). The summed E-state index contributed by atoms with van der Waals surface area (Å²) >= 11 is 0. The zero-order valence-corrected chi connectivity index (χ0v) is 19.0. The Morgan fingerprint density at radius 2 is 2.03 bits per heavy atom. The molecule has 0 aromatic carbocycles. The van der Waals surface area contributed by atoms with Gasteiger partial charge in [-0.2, -0.15) is 4.31 Å². The highest BCUT2D eigenvalue weighted by atomic mass is 32.2. The van der Waals surface area contributed by atoms with Crippen LogP contribution < -0.4 is 5.32 Å². The number of hydrogen-bond donors (Lipinski definition) is 1. The average molecular weight is 442 g/mol. The molecule has 1 saturated carbocycles. The van der Waals surface area contributed by atoms with Crippen molar-refractivity contribution in [1.82, 2.24) is 19.7 Å². The molecule has 2 fully saturated rings. The van der Waals surface area contributed by atoms with Gasteiger partial charge in [0.05, 0.1) is 5.69 Å². The van der Waals surface area contributed by atoms with E-state index in [1.165, 1.54) is 36.3 Å². The standard InChI is InChI=1S/C20H35N5O4S/c1-3-28-15-9-20(7-4-5-8-20)17-22-19(21-2)24-10-12-25(13-11-24)30(26,27)16-18-6-14-29-23-18/h6,14H,3-5,7-13,15-17H2,1-2H3,(H,21,22). The molecule has 1 saturated heterocycles. The largest absolute Gasteiger partial charge is 0.382 e. The lowest BCUT2D eigenvalue weighted by molar-refractivity contribution is 0.104. The maximum absolute atomic E-state index is 12.6. The van der Waals surface area contributed by atoms with Crippen LogP contribution in [0.2, 0.25) is 0 Å². The smallest absolute Gasteiger partial charge is 0.220 e. The van der Waals surface area contributed by atoms with E-state index in [0.29, 0.717) is 31.9 Å². The van der Waals surface area contributed by atoms with Crippen molar-refractivity contribution in [2.24, 2.45) is 10.4 Å². The minimum atomic E-state index is -3.40. The van der Waals surface area contributed by atoms with Gasteiger partial charge in [-0.15, -0.1) is 0 Å². The number of piperazine rings is 1. The van der Waals surface area contributed by atoms with Crippen LogP contribution in [0, 0.1) is 5.41 Å². The molecular weight excluding hydrogens is 406 g/mol. The normalized spacial score (nSPS) is 20.6. The minimum absolute atomic E-state index is 0.126. The molecule has 1 aromatic heterocycles. The molecule has 2 heterocycles. The highest BCUT2D eigenvalue weighted by molar-refractivity contribution is 7.88. The highest BCUT2D eigenvalue weighted by Crippen LogP contribution is 2.40. The second-order valence-electron chi connectivity index (χ2n) is 8.19. The third-order valence-corrected chi connectivity index (χ3v) is 8.04. The minimum Gasteiger partial charge on any atom is -0.382 e. The van der Waals surface area contributed by atoms with E-state index in [9.17, 15) is 8.42 Å². The number of sulfonamides is 1. The van der Waals surface area contributed by atoms with Crippen molar-refractivity contribution in [3.05, 3.63) is 18.0 Å². The summed E-state index contributed by atoms with van der Waals surface area (Å²) in [7, 11) is -1.61. The summed E-state index contributed by atoms with van der Waals surface area (Å²) in [6, 6.07) is 1.59. The van der Waals surface area contributed by atoms with E-state index in [1.54, 1.807) is 13.1 Å². The van der Waals surface area contributed by atoms with Crippen molar-refractivity contribution in [2.75, 3.05) is 53.0 Å². The van der Waals surface area contributed by atoms with Gasteiger partial charge in [0, 0.05) is 59.1 Å². The summed E-state index contributed by atoms with van der Waals surface area (Å²) in [6.45, 7) is 6.60. The molecule has 9 nitrogen and oxygen atoms in total. The molecule has 1 aliphatic heterocycles. The van der Waals surface area contributed by atoms with Crippen LogP contribution in [0.15, 0.2) is 21.8 Å². The van der Waals surface area contributed by atoms with Crippen LogP contribution in [-0.4, -0.2) is 81.7 Å². The van der Waals surface area contributed by atoms with Gasteiger partial charge in [0.1, 0.15) is 12.0 Å². The van der Waals surface area contributed by atoms with Gasteiger partial charge in [-0.25, -0.2) is 8.42 Å². The lowest BCUT2D eigenvalue weighted by atomic mass is 9.83. The van der Waals surface area contributed by atoms with Crippen molar-refractivity contribution in [1.29, 1.82) is 0 Å². The van der Waals surface area contributed by atoms with Crippen molar-refractivity contribution in [2.45, 2.75) is 44.8 Å². The molecule has 0 radical (unpaired) electrons. The average Bonchev–Trinajstić information content (AvgIpc) is 3.41. The van der Waals surface area contributed by atoms with Crippen LogP contribution in [-0.2, 0) is 20.5 Å². The lowest BCUT2D eigenvalue weighted by Gasteiger charge is -2.37. The molecule has 10 heteroatoms. The molecule has 1 N–H and O–H groups in total. The fraction of sp³-hybridized carbons (Fsp3) is 0.800. The molecular formula is C20H35N5O4S. The molecule has 1 aromatic rings. The Morgan fingerprint density at radius 1 is 1.30 bits per heavy atom. The first-order valence-corrected chi connectivity index (χ1v) is 12.5. The van der Waals surface area contributed by atoms with Crippen LogP contribution in [0.25, 0.3) is 0 Å². The molecule has 0 spiro atoms. The predicted molar refractivity (Wildman–Crippen MR) is 116 cm³/mol. The molecule has 2 aliphatic rings. The quantitative estimate of drug-likeness (QED) is 0.353. The molecule has 30 heavy (non-hydrogen) atoms. The van der Waals surface area contributed by atoms with Crippen molar-refractivity contribution >= 4 is 16.0 Å². The zero-order chi connectivity index (χ0) is 21.5. The Labute approximate surface area is 179 Å². The lowest BCUT2D eigenvalue weighted by Crippen LogP contribution is -2.54. The monoisotopic (exact) mass is 441 g/mol. The first-order valence-electron chi connectivity index (χ1n) is 10.9. The maximum Gasteiger partial charge on any atom is 0.220 e. The number of guanidine groups is 1. The number of nitrogens with zero attached hydrogens (tertiary/aromatic N) is 4. The van der Waals surface area contributed by atoms with Gasteiger partial charge >= 0.3 is 0 Å². The van der Waals surface area contributed by atoms with Gasteiger partial charge in [-0.1, -0.05) is 18.0 Å². The van der Waals surface area contributed by atoms with Crippen LogP contribution >= 0.6 is 0 Å². The van der Waals surface area contributed by atoms with E-state index in [1.807, 2.05) is 6.92 Å². The van der Waals surface area contributed by atoms with Gasteiger partial charge in [0.15, 0.2) is 5.96 Å². The first kappa shape index (κ1) is 23.0. The summed E-state index contributed by atoms with van der Waals surface area (Å²) < 4.78 is 37.2. The molecule has 0 amide bonds. The van der Waals surface area contributed by atoms with E-state index < -0.39 is 10.0 Å². The first-order chi connectivity index (χ1) is 14.5. The van der Waals surface area contributed by atoms with E-state index in [0.717, 1.165) is 32.1 Å². The van der Waals surface area contributed by atoms with E-state index in [-0.39, 0.29) is 11.2 Å². The maximum atomic E-state index is 12.6. The van der Waals surface area contributed by atoms with E-state index >= 15 is 0 Å². The second kappa shape index (κ2) is 10.6. The van der Waals surface area contributed by atoms with Crippen molar-refractivity contribution < 1.29 is 17.7 Å². The van der Waals surface area contributed by atoms with Crippen molar-refractivity contribution in [3.8, 4) is 0 Å². The summed E-state index contributed by atoms with van der Waals surface area (Å²) in [5.41, 5.74) is 0.706. The van der Waals surface area contributed by atoms with Gasteiger partial charge in [-0.05, 0) is 31.6 Å². The second-order valence-corrected chi connectivity index (χ2v) is 10.2. The summed E-state index contributed by atoms with van der Waals surface area (Å²) in [4.78, 5) is 6.60. The molecule has 0 atom stereocenters. The zero-order valence-electron chi connectivity index (χ0n) is 18.2. The Kier molecular flexibility index (Phi) is 8.13. The Morgan fingerprint density at radius 3 is 2.63 bits per heavy atom. The topological polar surface area (TPSA) is 100 Å². The Bertz CT molecular complexity index is 767. The van der Waals surface area contributed by atoms with Gasteiger partial charge in [-0.3, -0.25) is 4.99 Å². The fourth-order valence-electron chi connectivity index (χ4n) is 4.44. The Balaban J connectivity index is 1.51. The van der Waals surface area contributed by atoms with Crippen LogP contribution in [0.1, 0.15) is 44.7 Å². The third kappa shape index (κ3) is 5.95. The molecule has 0 unspecified atom stereocenters. The van der Waals surface area contributed by atoms with Gasteiger partial charge < -0.3 is 19.5 Å². The fourth-order valence-corrected chi connectivity index (χ4v) is 5.87. The van der Waals surface area contributed by atoms with Crippen molar-refractivity contribution in [3.63, 3.8) is 0 Å². The van der Waals surface area contributed by atoms with Crippen LogP contribution in [0.5, 0.6) is 0 Å². The van der Waals surface area contributed by atoms with Crippen LogP contribution in [0.3, 0.4) is 0 Å². The summed E-state index contributed by atoms with van der Waals surface area (Å²) in [6.07, 6.45) is 7.45. The SMILES string of the molecule is CCOCCC1(CNC(=NC)N2CCN(S(=O)(=O)Cc3ccon3)CC2)CCCC1. The molecule has 1 aliphatic carbocycles. The number of rotatable bonds is 9. The third-order valence-electron chi connectivity index (χ3n) is 6.23. The van der Waals surface area contributed by atoms with E-state index in [4.69, 9.17) is 9.26 Å². The molecule has 170 valence electrons. The van der Waals surface area contributed by atoms with E-state index in [2.05, 4.69) is 20.4 Å². The van der Waals surface area contributed by atoms with Gasteiger partial charge in [0.25, 0.3) is 0 Å². The number of hydrogen-bond acceptors (Lipinski definition) is 6.